The highest BCUT2D eigenvalue weighted by atomic mass is 16.6. The van der Waals surface area contributed by atoms with Gasteiger partial charge in [0.1, 0.15) is 17.7 Å². The molecule has 1 aromatic rings. The van der Waals surface area contributed by atoms with E-state index < -0.39 is 53.5 Å². The number of terminal acetylenes is 1. The Morgan fingerprint density at radius 1 is 1.11 bits per heavy atom. The van der Waals surface area contributed by atoms with Crippen molar-refractivity contribution >= 4 is 23.8 Å². The molecule has 9 heteroatoms. The first-order valence-electron chi connectivity index (χ1n) is 11.6. The molecule has 2 unspecified atom stereocenters. The highest BCUT2D eigenvalue weighted by molar-refractivity contribution is 5.95. The maximum Gasteiger partial charge on any atom is 0.408 e. The van der Waals surface area contributed by atoms with Gasteiger partial charge in [-0.2, -0.15) is 0 Å². The van der Waals surface area contributed by atoms with E-state index in [0.717, 1.165) is 0 Å². The van der Waals surface area contributed by atoms with E-state index in [-0.39, 0.29) is 6.54 Å². The van der Waals surface area contributed by atoms with Crippen molar-refractivity contribution in [1.82, 2.24) is 15.5 Å². The molecule has 0 aromatic heterocycles. The van der Waals surface area contributed by atoms with E-state index >= 15 is 0 Å². The summed E-state index contributed by atoms with van der Waals surface area (Å²) in [5.41, 5.74) is 4.86. The SMILES string of the molecule is C#Cc1ccccc1C(C(=O)NC(C)(C)C)N(CCC)C(=O)C(CC(N)=O)NC(=O)OC(C)(C)C. The summed E-state index contributed by atoms with van der Waals surface area (Å²) in [5.74, 6) is 0.669. The fourth-order valence-corrected chi connectivity index (χ4v) is 3.41. The van der Waals surface area contributed by atoms with Gasteiger partial charge < -0.3 is 26.0 Å². The third-order valence-corrected chi connectivity index (χ3v) is 4.61. The van der Waals surface area contributed by atoms with Crippen molar-refractivity contribution in [3.05, 3.63) is 35.4 Å². The zero-order chi connectivity index (χ0) is 27.0. The van der Waals surface area contributed by atoms with Crippen molar-refractivity contribution in [2.75, 3.05) is 6.54 Å². The lowest BCUT2D eigenvalue weighted by molar-refractivity contribution is -0.144. The summed E-state index contributed by atoms with van der Waals surface area (Å²) in [6.45, 7) is 12.5. The Kier molecular flexibility index (Phi) is 10.3. The number of hydrogen-bond donors (Lipinski definition) is 3. The van der Waals surface area contributed by atoms with E-state index in [1.807, 2.05) is 27.7 Å². The molecular weight excluding hydrogens is 448 g/mol. The number of primary amides is 1. The van der Waals surface area contributed by atoms with Gasteiger partial charge in [0.15, 0.2) is 0 Å². The number of amides is 4. The smallest absolute Gasteiger partial charge is 0.408 e. The molecule has 0 aliphatic heterocycles. The maximum atomic E-state index is 13.8. The molecule has 192 valence electrons. The fraction of sp³-hybridized carbons (Fsp3) is 0.538. The van der Waals surface area contributed by atoms with Crippen LogP contribution in [0, 0.1) is 12.3 Å². The summed E-state index contributed by atoms with van der Waals surface area (Å²) < 4.78 is 5.26. The van der Waals surface area contributed by atoms with Crippen LogP contribution in [0.5, 0.6) is 0 Å². The van der Waals surface area contributed by atoms with Crippen LogP contribution in [0.15, 0.2) is 24.3 Å². The largest absolute Gasteiger partial charge is 0.444 e. The Morgan fingerprint density at radius 3 is 2.20 bits per heavy atom. The molecule has 0 spiro atoms. The molecule has 0 radical (unpaired) electrons. The quantitative estimate of drug-likeness (QED) is 0.462. The number of nitrogens with one attached hydrogen (secondary N) is 2. The Morgan fingerprint density at radius 2 is 1.71 bits per heavy atom. The Bertz CT molecular complexity index is 969. The number of ether oxygens (including phenoxy) is 1. The molecule has 1 aromatic carbocycles. The standard InChI is InChI=1S/C26H38N4O5/c1-9-15-30(23(33)19(16-20(27)31)28-24(34)35-26(6,7)8)21(22(32)29-25(3,4)5)18-14-12-11-13-17(18)10-2/h2,11-14,19,21H,9,15-16H2,1,3-8H3,(H2,27,31)(H,28,34)(H,29,32). The summed E-state index contributed by atoms with van der Waals surface area (Å²) in [6.07, 6.45) is 4.84. The van der Waals surface area contributed by atoms with Crippen LogP contribution in [-0.4, -0.2) is 52.4 Å². The molecule has 0 saturated carbocycles. The van der Waals surface area contributed by atoms with Gasteiger partial charge in [0.25, 0.3) is 0 Å². The molecule has 4 amide bonds. The maximum absolute atomic E-state index is 13.8. The second-order valence-electron chi connectivity index (χ2n) is 10.3. The van der Waals surface area contributed by atoms with Crippen LogP contribution in [0.25, 0.3) is 0 Å². The number of carbonyl (C=O) groups is 4. The summed E-state index contributed by atoms with van der Waals surface area (Å²) >= 11 is 0. The van der Waals surface area contributed by atoms with Gasteiger partial charge in [-0.05, 0) is 59.6 Å². The third kappa shape index (κ3) is 9.69. The minimum absolute atomic E-state index is 0.158. The van der Waals surface area contributed by atoms with Crippen LogP contribution in [0.1, 0.15) is 78.5 Å². The van der Waals surface area contributed by atoms with Gasteiger partial charge in [-0.1, -0.05) is 31.0 Å². The lowest BCUT2D eigenvalue weighted by atomic mass is 9.96. The topological polar surface area (TPSA) is 131 Å². The van der Waals surface area contributed by atoms with Crippen molar-refractivity contribution in [3.8, 4) is 12.3 Å². The second kappa shape index (κ2) is 12.2. The first-order valence-corrected chi connectivity index (χ1v) is 11.6. The third-order valence-electron chi connectivity index (χ3n) is 4.61. The molecule has 0 fully saturated rings. The summed E-state index contributed by atoms with van der Waals surface area (Å²) in [5, 5.41) is 5.35. The molecule has 0 aliphatic carbocycles. The van der Waals surface area contributed by atoms with E-state index in [2.05, 4.69) is 16.6 Å². The molecule has 1 rings (SSSR count). The minimum Gasteiger partial charge on any atom is -0.444 e. The summed E-state index contributed by atoms with van der Waals surface area (Å²) in [6, 6.07) is 4.39. The molecule has 0 heterocycles. The van der Waals surface area contributed by atoms with Crippen LogP contribution < -0.4 is 16.4 Å². The van der Waals surface area contributed by atoms with Crippen LogP contribution in [0.4, 0.5) is 4.79 Å². The normalized spacial score (nSPS) is 13.1. The molecule has 2 atom stereocenters. The van der Waals surface area contributed by atoms with Crippen LogP contribution in [-0.2, 0) is 19.1 Å². The predicted molar refractivity (Wildman–Crippen MR) is 134 cm³/mol. The lowest BCUT2D eigenvalue weighted by Crippen LogP contribution is -2.55. The summed E-state index contributed by atoms with van der Waals surface area (Å²) in [7, 11) is 0. The average molecular weight is 487 g/mol. The van der Waals surface area contributed by atoms with Gasteiger partial charge in [0.2, 0.25) is 17.7 Å². The molecule has 0 saturated heterocycles. The second-order valence-corrected chi connectivity index (χ2v) is 10.3. The van der Waals surface area contributed by atoms with E-state index in [1.54, 1.807) is 45.0 Å². The minimum atomic E-state index is -1.34. The predicted octanol–water partition coefficient (Wildman–Crippen LogP) is 2.63. The van der Waals surface area contributed by atoms with Crippen LogP contribution in [0.3, 0.4) is 0 Å². The van der Waals surface area contributed by atoms with E-state index in [9.17, 15) is 19.2 Å². The van der Waals surface area contributed by atoms with Crippen LogP contribution in [0.2, 0.25) is 0 Å². The van der Waals surface area contributed by atoms with Gasteiger partial charge in [-0.15, -0.1) is 6.42 Å². The van der Waals surface area contributed by atoms with Gasteiger partial charge >= 0.3 is 6.09 Å². The van der Waals surface area contributed by atoms with Gasteiger partial charge in [-0.25, -0.2) is 4.79 Å². The first kappa shape index (κ1) is 29.5. The highest BCUT2D eigenvalue weighted by Gasteiger charge is 2.38. The molecule has 4 N–H and O–H groups in total. The van der Waals surface area contributed by atoms with E-state index in [4.69, 9.17) is 16.9 Å². The lowest BCUT2D eigenvalue weighted by Gasteiger charge is -2.36. The summed E-state index contributed by atoms with van der Waals surface area (Å²) in [4.78, 5) is 52.8. The zero-order valence-electron chi connectivity index (χ0n) is 21.7. The first-order chi connectivity index (χ1) is 16.1. The van der Waals surface area contributed by atoms with Crippen molar-refractivity contribution in [3.63, 3.8) is 0 Å². The average Bonchev–Trinajstić information content (AvgIpc) is 2.69. The Balaban J connectivity index is 3.56. The number of nitrogens with zero attached hydrogens (tertiary/aromatic N) is 1. The van der Waals surface area contributed by atoms with Gasteiger partial charge in [-0.3, -0.25) is 14.4 Å². The number of carbonyl (C=O) groups excluding carboxylic acids is 4. The molecule has 35 heavy (non-hydrogen) atoms. The van der Waals surface area contributed by atoms with Crippen LogP contribution >= 0.6 is 0 Å². The molecule has 0 bridgehead atoms. The monoisotopic (exact) mass is 486 g/mol. The number of hydrogen-bond acceptors (Lipinski definition) is 5. The van der Waals surface area contributed by atoms with Crippen molar-refractivity contribution in [2.24, 2.45) is 5.73 Å². The van der Waals surface area contributed by atoms with Gasteiger partial charge in [0.05, 0.1) is 6.42 Å². The Labute approximate surface area is 208 Å². The molecular formula is C26H38N4O5. The van der Waals surface area contributed by atoms with Crippen molar-refractivity contribution < 1.29 is 23.9 Å². The number of alkyl carbamates (subject to hydrolysis) is 1. The zero-order valence-corrected chi connectivity index (χ0v) is 21.7. The number of nitrogens with two attached hydrogens (primary N) is 1. The number of rotatable bonds is 9. The molecule has 9 nitrogen and oxygen atoms in total. The number of benzene rings is 1. The van der Waals surface area contributed by atoms with Crippen molar-refractivity contribution in [2.45, 2.75) is 84.5 Å². The van der Waals surface area contributed by atoms with E-state index in [0.29, 0.717) is 17.5 Å². The molecule has 0 aliphatic rings. The van der Waals surface area contributed by atoms with Gasteiger partial charge in [0, 0.05) is 17.6 Å². The Hall–Kier alpha value is -3.54. The highest BCUT2D eigenvalue weighted by Crippen LogP contribution is 2.27. The van der Waals surface area contributed by atoms with Crippen molar-refractivity contribution in [1.29, 1.82) is 0 Å². The van der Waals surface area contributed by atoms with E-state index in [1.165, 1.54) is 4.90 Å². The fourth-order valence-electron chi connectivity index (χ4n) is 3.41.